The van der Waals surface area contributed by atoms with Gasteiger partial charge in [0.2, 0.25) is 5.82 Å². The third kappa shape index (κ3) is 9.55. The van der Waals surface area contributed by atoms with Crippen LogP contribution in [0.5, 0.6) is 0 Å². The van der Waals surface area contributed by atoms with Gasteiger partial charge in [0.05, 0.1) is 6.61 Å². The van der Waals surface area contributed by atoms with Gasteiger partial charge in [-0.1, -0.05) is 13.8 Å². The number of rotatable bonds is 6. The number of nitrogens with zero attached hydrogens (tertiary/aromatic N) is 2. The van der Waals surface area contributed by atoms with E-state index in [4.69, 9.17) is 10.5 Å². The zero-order valence-corrected chi connectivity index (χ0v) is 17.1. The standard InChI is InChI=1S/C13H18F3N3O2.C5H13N/c1-5-12(3,4)19-9-8(10(20)21-6-2)7-17-11(18-9)13(14,15)16;1-4-5(2,3)6/h7H,5-6H2,1-4H3,(H,17,18,19);4,6H2,1-3H3. The summed E-state index contributed by atoms with van der Waals surface area (Å²) in [5.74, 6) is -2.24. The van der Waals surface area contributed by atoms with Gasteiger partial charge in [-0.05, 0) is 47.5 Å². The van der Waals surface area contributed by atoms with E-state index in [1.165, 1.54) is 0 Å². The van der Waals surface area contributed by atoms with Gasteiger partial charge in [-0.3, -0.25) is 0 Å². The predicted molar refractivity (Wildman–Crippen MR) is 99.5 cm³/mol. The van der Waals surface area contributed by atoms with E-state index in [0.717, 1.165) is 12.6 Å². The molecule has 1 aromatic heterocycles. The maximum absolute atomic E-state index is 12.7. The molecular formula is C18H31F3N4O2. The van der Waals surface area contributed by atoms with Crippen molar-refractivity contribution in [2.45, 2.75) is 78.6 Å². The lowest BCUT2D eigenvalue weighted by molar-refractivity contribution is -0.144. The fraction of sp³-hybridized carbons (Fsp3) is 0.722. The lowest BCUT2D eigenvalue weighted by Gasteiger charge is -2.26. The highest BCUT2D eigenvalue weighted by atomic mass is 19.4. The van der Waals surface area contributed by atoms with Crippen LogP contribution < -0.4 is 11.1 Å². The second kappa shape index (κ2) is 9.87. The van der Waals surface area contributed by atoms with Crippen LogP contribution in [0.2, 0.25) is 0 Å². The summed E-state index contributed by atoms with van der Waals surface area (Å²) < 4.78 is 42.9. The molecule has 27 heavy (non-hydrogen) atoms. The number of nitrogens with one attached hydrogen (secondary N) is 1. The molecule has 0 aliphatic rings. The summed E-state index contributed by atoms with van der Waals surface area (Å²) in [6.45, 7) is 13.3. The topological polar surface area (TPSA) is 90.1 Å². The first-order valence-corrected chi connectivity index (χ1v) is 8.85. The van der Waals surface area contributed by atoms with E-state index >= 15 is 0 Å². The van der Waals surface area contributed by atoms with E-state index in [1.54, 1.807) is 20.8 Å². The molecule has 0 saturated heterocycles. The van der Waals surface area contributed by atoms with Crippen molar-refractivity contribution in [3.05, 3.63) is 17.6 Å². The number of esters is 1. The summed E-state index contributed by atoms with van der Waals surface area (Å²) in [7, 11) is 0. The molecule has 9 heteroatoms. The minimum absolute atomic E-state index is 0.0417. The highest BCUT2D eigenvalue weighted by Crippen LogP contribution is 2.29. The fourth-order valence-electron chi connectivity index (χ4n) is 1.38. The van der Waals surface area contributed by atoms with Crippen molar-refractivity contribution < 1.29 is 22.7 Å². The van der Waals surface area contributed by atoms with Crippen LogP contribution in [0.1, 0.15) is 77.5 Å². The molecule has 6 nitrogen and oxygen atoms in total. The number of nitrogens with two attached hydrogens (primary N) is 1. The Morgan fingerprint density at radius 2 is 1.67 bits per heavy atom. The first-order valence-electron chi connectivity index (χ1n) is 8.85. The molecule has 3 N–H and O–H groups in total. The van der Waals surface area contributed by atoms with E-state index in [0.29, 0.717) is 6.42 Å². The van der Waals surface area contributed by atoms with Gasteiger partial charge in [0.25, 0.3) is 0 Å². The van der Waals surface area contributed by atoms with Gasteiger partial charge in [0.1, 0.15) is 11.4 Å². The van der Waals surface area contributed by atoms with Crippen molar-refractivity contribution in [2.75, 3.05) is 11.9 Å². The molecule has 156 valence electrons. The van der Waals surface area contributed by atoms with Gasteiger partial charge in [-0.25, -0.2) is 14.8 Å². The van der Waals surface area contributed by atoms with Crippen molar-refractivity contribution in [3.8, 4) is 0 Å². The maximum atomic E-state index is 12.7. The predicted octanol–water partition coefficient (Wildman–Crippen LogP) is 4.41. The van der Waals surface area contributed by atoms with Gasteiger partial charge < -0.3 is 15.8 Å². The number of aromatic nitrogens is 2. The van der Waals surface area contributed by atoms with E-state index < -0.39 is 23.5 Å². The third-order valence-electron chi connectivity index (χ3n) is 3.79. The molecule has 0 unspecified atom stereocenters. The summed E-state index contributed by atoms with van der Waals surface area (Å²) in [4.78, 5) is 18.4. The Bertz CT molecular complexity index is 612. The third-order valence-corrected chi connectivity index (χ3v) is 3.79. The maximum Gasteiger partial charge on any atom is 0.451 e. The second-order valence-corrected chi connectivity index (χ2v) is 7.38. The van der Waals surface area contributed by atoms with E-state index in [1.807, 2.05) is 20.8 Å². The summed E-state index contributed by atoms with van der Waals surface area (Å²) >= 11 is 0. The van der Waals surface area contributed by atoms with Crippen molar-refractivity contribution in [1.82, 2.24) is 9.97 Å². The smallest absolute Gasteiger partial charge is 0.451 e. The van der Waals surface area contributed by atoms with Crippen LogP contribution in [0, 0.1) is 0 Å². The Morgan fingerprint density at radius 3 is 2.04 bits per heavy atom. The van der Waals surface area contributed by atoms with E-state index in [2.05, 4.69) is 22.2 Å². The molecule has 0 aliphatic carbocycles. The molecule has 0 radical (unpaired) electrons. The van der Waals surface area contributed by atoms with E-state index in [9.17, 15) is 18.0 Å². The fourth-order valence-corrected chi connectivity index (χ4v) is 1.38. The molecule has 0 atom stereocenters. The number of hydrogen-bond donors (Lipinski definition) is 2. The van der Waals surface area contributed by atoms with Crippen LogP contribution in [0.4, 0.5) is 19.0 Å². The van der Waals surface area contributed by atoms with Crippen LogP contribution in [0.15, 0.2) is 6.20 Å². The van der Waals surface area contributed by atoms with Gasteiger partial charge in [-0.15, -0.1) is 0 Å². The number of carbonyl (C=O) groups excluding carboxylic acids is 1. The SMILES string of the molecule is CCC(C)(C)N.CCOC(=O)c1cnc(C(F)(F)F)nc1NC(C)(C)CC. The van der Waals surface area contributed by atoms with Gasteiger partial charge in [0.15, 0.2) is 0 Å². The van der Waals surface area contributed by atoms with Crippen molar-refractivity contribution in [1.29, 1.82) is 0 Å². The van der Waals surface area contributed by atoms with Gasteiger partial charge in [-0.2, -0.15) is 13.2 Å². The van der Waals surface area contributed by atoms with Crippen LogP contribution in [0.3, 0.4) is 0 Å². The molecule has 0 aromatic carbocycles. The highest BCUT2D eigenvalue weighted by Gasteiger charge is 2.36. The number of halogens is 3. The van der Waals surface area contributed by atoms with Crippen molar-refractivity contribution >= 4 is 11.8 Å². The summed E-state index contributed by atoms with van der Waals surface area (Å²) in [6, 6.07) is 0. The Labute approximate surface area is 159 Å². The number of ether oxygens (including phenoxy) is 1. The van der Waals surface area contributed by atoms with Crippen LogP contribution >= 0.6 is 0 Å². The van der Waals surface area contributed by atoms with Crippen molar-refractivity contribution in [3.63, 3.8) is 0 Å². The minimum atomic E-state index is -4.68. The van der Waals surface area contributed by atoms with Crippen molar-refractivity contribution in [2.24, 2.45) is 5.73 Å². The summed E-state index contributed by atoms with van der Waals surface area (Å²) in [5, 5.41) is 2.84. The molecule has 0 aliphatic heterocycles. The Balaban J connectivity index is 0.000000972. The molecule has 0 saturated carbocycles. The Morgan fingerprint density at radius 1 is 1.15 bits per heavy atom. The normalized spacial score (nSPS) is 12.1. The first kappa shape index (κ1) is 25.1. The average molecular weight is 392 g/mol. The van der Waals surface area contributed by atoms with Crippen LogP contribution in [-0.4, -0.2) is 33.6 Å². The minimum Gasteiger partial charge on any atom is -0.462 e. The molecular weight excluding hydrogens is 361 g/mol. The first-order chi connectivity index (χ1) is 12.2. The van der Waals surface area contributed by atoms with Crippen LogP contribution in [-0.2, 0) is 10.9 Å². The number of anilines is 1. The summed E-state index contributed by atoms with van der Waals surface area (Å²) in [6.07, 6.45) is -2.17. The van der Waals surface area contributed by atoms with Gasteiger partial charge >= 0.3 is 12.1 Å². The number of alkyl halides is 3. The average Bonchev–Trinajstić information content (AvgIpc) is 2.53. The molecule has 0 bridgehead atoms. The Hall–Kier alpha value is -1.90. The summed E-state index contributed by atoms with van der Waals surface area (Å²) in [5.41, 5.74) is 4.93. The molecule has 1 heterocycles. The highest BCUT2D eigenvalue weighted by molar-refractivity contribution is 5.94. The monoisotopic (exact) mass is 392 g/mol. The lowest BCUT2D eigenvalue weighted by Crippen LogP contribution is -2.32. The van der Waals surface area contributed by atoms with Gasteiger partial charge in [0, 0.05) is 17.3 Å². The molecule has 1 rings (SSSR count). The number of carbonyl (C=O) groups is 1. The zero-order valence-electron chi connectivity index (χ0n) is 17.1. The molecule has 0 amide bonds. The number of hydrogen-bond acceptors (Lipinski definition) is 6. The van der Waals surface area contributed by atoms with E-state index in [-0.39, 0.29) is 23.5 Å². The second-order valence-electron chi connectivity index (χ2n) is 7.38. The zero-order chi connectivity index (χ0) is 21.5. The molecule has 0 fully saturated rings. The Kier molecular flexibility index (Phi) is 9.17. The largest absolute Gasteiger partial charge is 0.462 e. The molecule has 1 aromatic rings. The lowest BCUT2D eigenvalue weighted by atomic mass is 10.0. The van der Waals surface area contributed by atoms with Crippen LogP contribution in [0.25, 0.3) is 0 Å². The molecule has 0 spiro atoms. The quantitative estimate of drug-likeness (QED) is 0.697.